The number of benzene rings is 1. The summed E-state index contributed by atoms with van der Waals surface area (Å²) in [5.74, 6) is -0.721. The molecule has 1 aromatic heterocycles. The van der Waals surface area contributed by atoms with E-state index in [0.29, 0.717) is 26.2 Å². The van der Waals surface area contributed by atoms with Gasteiger partial charge in [0, 0.05) is 15.1 Å². The summed E-state index contributed by atoms with van der Waals surface area (Å²) in [6.45, 7) is 3.97. The molecule has 0 N–H and O–H groups in total. The van der Waals surface area contributed by atoms with Crippen molar-refractivity contribution in [2.75, 3.05) is 4.90 Å². The fourth-order valence-corrected chi connectivity index (χ4v) is 4.55. The molecule has 0 aliphatic carbocycles. The standard InChI is InChI=1S/C17H13Cl2NO2S2/c1-9(2)24-15-14(13-4-3-7-23-13)16(21)20(17(15)22)12-8-10(18)5-6-11(12)19/h3-9H,1-2H3. The third kappa shape index (κ3) is 3.14. The lowest BCUT2D eigenvalue weighted by Crippen LogP contribution is -2.31. The van der Waals surface area contributed by atoms with Crippen LogP contribution in [0.25, 0.3) is 5.57 Å². The number of rotatable bonds is 4. The molecule has 0 radical (unpaired) electrons. The molecule has 0 saturated heterocycles. The van der Waals surface area contributed by atoms with Gasteiger partial charge in [-0.15, -0.1) is 23.1 Å². The van der Waals surface area contributed by atoms with Gasteiger partial charge < -0.3 is 0 Å². The average Bonchev–Trinajstić information content (AvgIpc) is 3.10. The summed E-state index contributed by atoms with van der Waals surface area (Å²) >= 11 is 15.0. The van der Waals surface area contributed by atoms with Gasteiger partial charge in [0.15, 0.2) is 0 Å². The molecule has 0 unspecified atom stereocenters. The van der Waals surface area contributed by atoms with E-state index >= 15 is 0 Å². The van der Waals surface area contributed by atoms with Crippen LogP contribution in [0.5, 0.6) is 0 Å². The molecule has 0 fully saturated rings. The van der Waals surface area contributed by atoms with Gasteiger partial charge in [-0.05, 0) is 29.6 Å². The molecular formula is C17H13Cl2NO2S2. The van der Waals surface area contributed by atoms with Gasteiger partial charge in [0.25, 0.3) is 11.8 Å². The average molecular weight is 398 g/mol. The van der Waals surface area contributed by atoms with Crippen molar-refractivity contribution in [2.45, 2.75) is 19.1 Å². The Morgan fingerprint density at radius 3 is 2.50 bits per heavy atom. The minimum Gasteiger partial charge on any atom is -0.268 e. The lowest BCUT2D eigenvalue weighted by Gasteiger charge is -2.17. The van der Waals surface area contributed by atoms with Crippen LogP contribution in [0.4, 0.5) is 5.69 Å². The second kappa shape index (κ2) is 6.92. The molecule has 0 saturated carbocycles. The Bertz CT molecular complexity index is 844. The molecule has 0 bridgehead atoms. The van der Waals surface area contributed by atoms with Crippen LogP contribution in [0.3, 0.4) is 0 Å². The van der Waals surface area contributed by atoms with Crippen LogP contribution in [0, 0.1) is 0 Å². The van der Waals surface area contributed by atoms with Crippen molar-refractivity contribution in [3.63, 3.8) is 0 Å². The molecule has 7 heteroatoms. The van der Waals surface area contributed by atoms with E-state index in [9.17, 15) is 9.59 Å². The zero-order chi connectivity index (χ0) is 17.4. The first kappa shape index (κ1) is 17.5. The molecule has 1 aromatic carbocycles. The van der Waals surface area contributed by atoms with E-state index in [1.165, 1.54) is 29.2 Å². The summed E-state index contributed by atoms with van der Waals surface area (Å²) in [5.41, 5.74) is 0.748. The van der Waals surface area contributed by atoms with Crippen LogP contribution in [0.1, 0.15) is 18.7 Å². The second-order valence-corrected chi connectivity index (χ2v) is 8.77. The Morgan fingerprint density at radius 2 is 1.88 bits per heavy atom. The normalized spacial score (nSPS) is 15.1. The molecule has 1 aliphatic heterocycles. The molecule has 3 nitrogen and oxygen atoms in total. The van der Waals surface area contributed by atoms with Crippen LogP contribution < -0.4 is 4.90 Å². The van der Waals surface area contributed by atoms with Gasteiger partial charge in [-0.1, -0.05) is 43.1 Å². The molecule has 3 rings (SSSR count). The maximum absolute atomic E-state index is 13.0. The summed E-state index contributed by atoms with van der Waals surface area (Å²) in [6, 6.07) is 8.44. The van der Waals surface area contributed by atoms with Crippen molar-refractivity contribution < 1.29 is 9.59 Å². The number of hydrogen-bond donors (Lipinski definition) is 0. The molecule has 1 aliphatic rings. The number of nitrogens with zero attached hydrogens (tertiary/aromatic N) is 1. The minimum absolute atomic E-state index is 0.168. The highest BCUT2D eigenvalue weighted by molar-refractivity contribution is 8.04. The van der Waals surface area contributed by atoms with E-state index in [0.717, 1.165) is 9.78 Å². The largest absolute Gasteiger partial charge is 0.272 e. The highest BCUT2D eigenvalue weighted by atomic mass is 35.5. The minimum atomic E-state index is -0.366. The number of carbonyl (C=O) groups is 2. The quantitative estimate of drug-likeness (QED) is 0.640. The predicted octanol–water partition coefficient (Wildman–Crippen LogP) is 5.48. The summed E-state index contributed by atoms with van der Waals surface area (Å²) in [5, 5.41) is 2.77. The van der Waals surface area contributed by atoms with E-state index in [4.69, 9.17) is 23.2 Å². The van der Waals surface area contributed by atoms with E-state index in [-0.39, 0.29) is 17.1 Å². The first-order valence-corrected chi connectivity index (χ1v) is 9.70. The zero-order valence-electron chi connectivity index (χ0n) is 12.9. The predicted molar refractivity (Wildman–Crippen MR) is 103 cm³/mol. The van der Waals surface area contributed by atoms with Gasteiger partial charge in [-0.2, -0.15) is 0 Å². The van der Waals surface area contributed by atoms with E-state index in [2.05, 4.69) is 0 Å². The maximum Gasteiger partial charge on any atom is 0.272 e. The van der Waals surface area contributed by atoms with E-state index in [1.807, 2.05) is 31.4 Å². The molecule has 2 heterocycles. The Kier molecular flexibility index (Phi) is 5.06. The molecule has 0 spiro atoms. The lowest BCUT2D eigenvalue weighted by atomic mass is 10.2. The smallest absolute Gasteiger partial charge is 0.268 e. The number of hydrogen-bond acceptors (Lipinski definition) is 4. The Morgan fingerprint density at radius 1 is 1.12 bits per heavy atom. The molecular weight excluding hydrogens is 385 g/mol. The molecule has 0 atom stereocenters. The van der Waals surface area contributed by atoms with E-state index in [1.54, 1.807) is 12.1 Å². The van der Waals surface area contributed by atoms with Crippen molar-refractivity contribution in [2.24, 2.45) is 0 Å². The number of amides is 2. The van der Waals surface area contributed by atoms with Crippen LogP contribution >= 0.6 is 46.3 Å². The Balaban J connectivity index is 2.13. The van der Waals surface area contributed by atoms with Crippen molar-refractivity contribution in [3.8, 4) is 0 Å². The second-order valence-electron chi connectivity index (χ2n) is 5.39. The van der Waals surface area contributed by atoms with Gasteiger partial charge in [-0.3, -0.25) is 9.59 Å². The molecule has 2 aromatic rings. The van der Waals surface area contributed by atoms with Gasteiger partial charge >= 0.3 is 0 Å². The number of anilines is 1. The zero-order valence-corrected chi connectivity index (χ0v) is 16.0. The highest BCUT2D eigenvalue weighted by Gasteiger charge is 2.41. The first-order valence-electron chi connectivity index (χ1n) is 7.18. The van der Waals surface area contributed by atoms with Crippen molar-refractivity contribution >= 4 is 69.4 Å². The number of thiophene rings is 1. The molecule has 2 amide bonds. The molecule has 24 heavy (non-hydrogen) atoms. The first-order chi connectivity index (χ1) is 11.4. The SMILES string of the molecule is CC(C)SC1=C(c2cccs2)C(=O)N(c2cc(Cl)ccc2Cl)C1=O. The summed E-state index contributed by atoms with van der Waals surface area (Å²) in [6.07, 6.45) is 0. The van der Waals surface area contributed by atoms with Crippen molar-refractivity contribution in [1.29, 1.82) is 0 Å². The van der Waals surface area contributed by atoms with E-state index < -0.39 is 0 Å². The Labute approximate surface area is 158 Å². The topological polar surface area (TPSA) is 37.4 Å². The third-order valence-corrected chi connectivity index (χ3v) is 5.84. The van der Waals surface area contributed by atoms with Gasteiger partial charge in [0.2, 0.25) is 0 Å². The van der Waals surface area contributed by atoms with Crippen molar-refractivity contribution in [1.82, 2.24) is 0 Å². The Hall–Kier alpha value is -1.27. The van der Waals surface area contributed by atoms with Gasteiger partial charge in [0.05, 0.1) is 21.2 Å². The number of thioether (sulfide) groups is 1. The van der Waals surface area contributed by atoms with Crippen molar-refractivity contribution in [3.05, 3.63) is 55.5 Å². The number of imide groups is 1. The highest BCUT2D eigenvalue weighted by Crippen LogP contribution is 2.43. The third-order valence-electron chi connectivity index (χ3n) is 3.31. The number of carbonyl (C=O) groups excluding carboxylic acids is 2. The molecule has 124 valence electrons. The van der Waals surface area contributed by atoms with Gasteiger partial charge in [0.1, 0.15) is 0 Å². The van der Waals surface area contributed by atoms with Crippen LogP contribution in [-0.2, 0) is 9.59 Å². The fourth-order valence-electron chi connectivity index (χ4n) is 2.37. The summed E-state index contributed by atoms with van der Waals surface area (Å²) in [4.78, 5) is 28.3. The maximum atomic E-state index is 13.0. The fraction of sp³-hybridized carbons (Fsp3) is 0.176. The summed E-state index contributed by atoms with van der Waals surface area (Å²) in [7, 11) is 0. The monoisotopic (exact) mass is 397 g/mol. The number of halogens is 2. The van der Waals surface area contributed by atoms with Crippen LogP contribution in [-0.4, -0.2) is 17.1 Å². The van der Waals surface area contributed by atoms with Gasteiger partial charge in [-0.25, -0.2) is 4.90 Å². The van der Waals surface area contributed by atoms with Crippen LogP contribution in [0.2, 0.25) is 10.0 Å². The van der Waals surface area contributed by atoms with Crippen LogP contribution in [0.15, 0.2) is 40.6 Å². The lowest BCUT2D eigenvalue weighted by molar-refractivity contribution is -0.119. The summed E-state index contributed by atoms with van der Waals surface area (Å²) < 4.78 is 0.